The van der Waals surface area contributed by atoms with Crippen LogP contribution in [0.15, 0.2) is 36.4 Å². The smallest absolute Gasteiger partial charge is 0.165 e. The Morgan fingerprint density at radius 3 is 2.29 bits per heavy atom. The first-order valence-electron chi connectivity index (χ1n) is 6.28. The molecule has 112 valence electrons. The summed E-state index contributed by atoms with van der Waals surface area (Å²) in [7, 11) is 1.37. The lowest BCUT2D eigenvalue weighted by atomic mass is 9.99. The van der Waals surface area contributed by atoms with E-state index in [1.807, 2.05) is 0 Å². The summed E-state index contributed by atoms with van der Waals surface area (Å²) in [6.07, 6.45) is 0.219. The van der Waals surface area contributed by atoms with Crippen LogP contribution in [-0.4, -0.2) is 7.11 Å². The summed E-state index contributed by atoms with van der Waals surface area (Å²) < 4.78 is 44.9. The van der Waals surface area contributed by atoms with Gasteiger partial charge in [0, 0.05) is 6.07 Å². The van der Waals surface area contributed by atoms with Crippen LogP contribution in [0.4, 0.5) is 13.2 Å². The molecule has 0 aliphatic carbocycles. The highest BCUT2D eigenvalue weighted by Crippen LogP contribution is 2.24. The summed E-state index contributed by atoms with van der Waals surface area (Å²) in [5, 5.41) is 0. The molecule has 2 aromatic carbocycles. The largest absolute Gasteiger partial charge is 0.494 e. The molecule has 3 nitrogen and oxygen atoms in total. The van der Waals surface area contributed by atoms with E-state index >= 15 is 0 Å². The van der Waals surface area contributed by atoms with E-state index in [2.05, 4.69) is 5.43 Å². The highest BCUT2D eigenvalue weighted by Gasteiger charge is 2.14. The molecule has 0 spiro atoms. The number of benzene rings is 2. The number of ether oxygens (including phenoxy) is 1. The Morgan fingerprint density at radius 1 is 1.10 bits per heavy atom. The van der Waals surface area contributed by atoms with E-state index in [0.717, 1.165) is 6.07 Å². The van der Waals surface area contributed by atoms with Gasteiger partial charge in [0.2, 0.25) is 0 Å². The van der Waals surface area contributed by atoms with Crippen LogP contribution in [0, 0.1) is 17.5 Å². The van der Waals surface area contributed by atoms with E-state index in [0.29, 0.717) is 11.1 Å². The number of nitrogens with two attached hydrogens (primary N) is 1. The molecule has 21 heavy (non-hydrogen) atoms. The molecule has 0 aliphatic rings. The van der Waals surface area contributed by atoms with Gasteiger partial charge in [-0.25, -0.2) is 13.2 Å². The van der Waals surface area contributed by atoms with Gasteiger partial charge in [-0.1, -0.05) is 6.07 Å². The molecular weight excluding hydrogens is 281 g/mol. The standard InChI is InChI=1S/C15H15F3N2O/c1-21-15-3-2-10(7-13(15)18)14(20-19)6-9-4-11(16)8-12(17)5-9/h2-5,7-8,14,20H,6,19H2,1H3. The second-order valence-corrected chi connectivity index (χ2v) is 4.60. The van der Waals surface area contributed by atoms with Gasteiger partial charge in [-0.15, -0.1) is 0 Å². The molecule has 0 aliphatic heterocycles. The fourth-order valence-corrected chi connectivity index (χ4v) is 2.14. The molecule has 0 bridgehead atoms. The summed E-state index contributed by atoms with van der Waals surface area (Å²) in [5.41, 5.74) is 3.50. The van der Waals surface area contributed by atoms with Gasteiger partial charge in [-0.05, 0) is 41.8 Å². The maximum atomic E-state index is 13.7. The van der Waals surface area contributed by atoms with Gasteiger partial charge < -0.3 is 4.74 Å². The van der Waals surface area contributed by atoms with Crippen molar-refractivity contribution in [3.63, 3.8) is 0 Å². The maximum Gasteiger partial charge on any atom is 0.165 e. The zero-order valence-corrected chi connectivity index (χ0v) is 11.4. The van der Waals surface area contributed by atoms with Gasteiger partial charge in [0.1, 0.15) is 11.6 Å². The first kappa shape index (κ1) is 15.3. The number of nitrogens with one attached hydrogen (secondary N) is 1. The monoisotopic (exact) mass is 296 g/mol. The molecule has 0 heterocycles. The average Bonchev–Trinajstić information content (AvgIpc) is 2.43. The Hall–Kier alpha value is -2.05. The molecule has 1 atom stereocenters. The number of hydrazine groups is 1. The molecule has 0 saturated carbocycles. The summed E-state index contributed by atoms with van der Waals surface area (Å²) in [6, 6.07) is 7.14. The minimum absolute atomic E-state index is 0.117. The fourth-order valence-electron chi connectivity index (χ4n) is 2.14. The van der Waals surface area contributed by atoms with Crippen molar-refractivity contribution in [2.45, 2.75) is 12.5 Å². The number of halogens is 3. The van der Waals surface area contributed by atoms with Crippen LogP contribution in [-0.2, 0) is 6.42 Å². The zero-order chi connectivity index (χ0) is 15.4. The van der Waals surface area contributed by atoms with E-state index in [4.69, 9.17) is 10.6 Å². The Balaban J connectivity index is 2.25. The van der Waals surface area contributed by atoms with Gasteiger partial charge in [-0.3, -0.25) is 11.3 Å². The molecule has 0 aromatic heterocycles. The van der Waals surface area contributed by atoms with Crippen LogP contribution in [0.5, 0.6) is 5.75 Å². The lowest BCUT2D eigenvalue weighted by Crippen LogP contribution is -2.29. The SMILES string of the molecule is COc1ccc(C(Cc2cc(F)cc(F)c2)NN)cc1F. The predicted molar refractivity (Wildman–Crippen MR) is 73.1 cm³/mol. The molecular formula is C15H15F3N2O. The molecule has 2 rings (SSSR count). The van der Waals surface area contributed by atoms with Crippen LogP contribution in [0.3, 0.4) is 0 Å². The second-order valence-electron chi connectivity index (χ2n) is 4.60. The van der Waals surface area contributed by atoms with Crippen LogP contribution in [0.25, 0.3) is 0 Å². The van der Waals surface area contributed by atoms with Gasteiger partial charge in [0.05, 0.1) is 13.2 Å². The molecule has 1 unspecified atom stereocenters. The van der Waals surface area contributed by atoms with Crippen LogP contribution < -0.4 is 16.0 Å². The van der Waals surface area contributed by atoms with Crippen molar-refractivity contribution in [1.82, 2.24) is 5.43 Å². The highest BCUT2D eigenvalue weighted by molar-refractivity contribution is 5.32. The molecule has 0 saturated heterocycles. The highest BCUT2D eigenvalue weighted by atomic mass is 19.1. The zero-order valence-electron chi connectivity index (χ0n) is 11.4. The van der Waals surface area contributed by atoms with Crippen LogP contribution >= 0.6 is 0 Å². The van der Waals surface area contributed by atoms with E-state index in [1.165, 1.54) is 31.4 Å². The predicted octanol–water partition coefficient (Wildman–Crippen LogP) is 2.86. The number of methoxy groups -OCH3 is 1. The molecule has 0 amide bonds. The lowest BCUT2D eigenvalue weighted by Gasteiger charge is -2.17. The van der Waals surface area contributed by atoms with Crippen LogP contribution in [0.1, 0.15) is 17.2 Å². The Kier molecular flexibility index (Phi) is 4.82. The maximum absolute atomic E-state index is 13.7. The van der Waals surface area contributed by atoms with E-state index in [-0.39, 0.29) is 12.2 Å². The molecule has 6 heteroatoms. The third-order valence-corrected chi connectivity index (χ3v) is 3.14. The van der Waals surface area contributed by atoms with Crippen molar-refractivity contribution in [3.8, 4) is 5.75 Å². The minimum atomic E-state index is -0.665. The van der Waals surface area contributed by atoms with Crippen molar-refractivity contribution in [1.29, 1.82) is 0 Å². The quantitative estimate of drug-likeness (QED) is 0.659. The van der Waals surface area contributed by atoms with Gasteiger partial charge in [-0.2, -0.15) is 0 Å². The first-order valence-corrected chi connectivity index (χ1v) is 6.28. The van der Waals surface area contributed by atoms with Gasteiger partial charge >= 0.3 is 0 Å². The topological polar surface area (TPSA) is 47.3 Å². The number of rotatable bonds is 5. The van der Waals surface area contributed by atoms with Gasteiger partial charge in [0.15, 0.2) is 11.6 Å². The van der Waals surface area contributed by atoms with Crippen LogP contribution in [0.2, 0.25) is 0 Å². The van der Waals surface area contributed by atoms with Crippen molar-refractivity contribution in [2.24, 2.45) is 5.84 Å². The number of hydrogen-bond acceptors (Lipinski definition) is 3. The Bertz CT molecular complexity index is 614. The summed E-state index contributed by atoms with van der Waals surface area (Å²) in [4.78, 5) is 0. The first-order chi connectivity index (χ1) is 10.0. The third kappa shape index (κ3) is 3.74. The Morgan fingerprint density at radius 2 is 1.76 bits per heavy atom. The van der Waals surface area contributed by atoms with Gasteiger partial charge in [0.25, 0.3) is 0 Å². The molecule has 0 fully saturated rings. The molecule has 0 radical (unpaired) electrons. The normalized spacial score (nSPS) is 12.2. The molecule has 3 N–H and O–H groups in total. The van der Waals surface area contributed by atoms with Crippen molar-refractivity contribution >= 4 is 0 Å². The Labute approximate surface area is 120 Å². The second kappa shape index (κ2) is 6.60. The molecule has 2 aromatic rings. The number of hydrogen-bond donors (Lipinski definition) is 2. The average molecular weight is 296 g/mol. The third-order valence-electron chi connectivity index (χ3n) is 3.14. The summed E-state index contributed by atoms with van der Waals surface area (Å²) >= 11 is 0. The van der Waals surface area contributed by atoms with E-state index in [1.54, 1.807) is 6.07 Å². The van der Waals surface area contributed by atoms with E-state index in [9.17, 15) is 13.2 Å². The summed E-state index contributed by atoms with van der Waals surface area (Å²) in [5.74, 6) is 3.72. The van der Waals surface area contributed by atoms with Crippen molar-refractivity contribution < 1.29 is 17.9 Å². The van der Waals surface area contributed by atoms with Crippen molar-refractivity contribution in [3.05, 3.63) is 65.0 Å². The minimum Gasteiger partial charge on any atom is -0.494 e. The fraction of sp³-hybridized carbons (Fsp3) is 0.200. The summed E-state index contributed by atoms with van der Waals surface area (Å²) in [6.45, 7) is 0. The van der Waals surface area contributed by atoms with Crippen molar-refractivity contribution in [2.75, 3.05) is 7.11 Å². The van der Waals surface area contributed by atoms with E-state index < -0.39 is 23.5 Å². The lowest BCUT2D eigenvalue weighted by molar-refractivity contribution is 0.385.